The van der Waals surface area contributed by atoms with Crippen molar-refractivity contribution < 1.29 is 22.7 Å². The number of anilines is 1. The Morgan fingerprint density at radius 2 is 2.03 bits per heavy atom. The number of rotatable bonds is 4. The molecular weight excluding hydrogens is 424 g/mol. The number of ether oxygens (including phenoxy) is 1. The third-order valence-corrected chi connectivity index (χ3v) is 7.79. The van der Waals surface area contributed by atoms with Gasteiger partial charge in [0, 0.05) is 16.0 Å². The molecule has 7 nitrogen and oxygen atoms in total. The lowest BCUT2D eigenvalue weighted by atomic mass is 10.1. The number of carbonyl (C=O) groups is 2. The zero-order valence-electron chi connectivity index (χ0n) is 16.5. The van der Waals surface area contributed by atoms with Gasteiger partial charge in [-0.3, -0.25) is 9.78 Å². The maximum Gasteiger partial charge on any atom is 0.341 e. The zero-order chi connectivity index (χ0) is 21.5. The lowest BCUT2D eigenvalue weighted by Crippen LogP contribution is -2.20. The molecule has 4 rings (SSSR count). The van der Waals surface area contributed by atoms with Crippen molar-refractivity contribution in [1.29, 1.82) is 0 Å². The van der Waals surface area contributed by atoms with Crippen LogP contribution in [0.2, 0.25) is 0 Å². The summed E-state index contributed by atoms with van der Waals surface area (Å²) in [5.41, 5.74) is 2.74. The standard InChI is InChI=1S/C21H20N2O5S2/c1-3-28-21(25)18-14-8-9-30(26,27)11-17(14)29-20(18)23-19(24)15-10-12(2)22-16-7-5-4-6-13(15)16/h4-7,10H,3,8-9,11H2,1-2H3,(H,23,24). The van der Waals surface area contributed by atoms with Crippen LogP contribution in [0.1, 0.15) is 43.8 Å². The maximum absolute atomic E-state index is 13.2. The molecular formula is C21H20N2O5S2. The number of benzene rings is 1. The average molecular weight is 445 g/mol. The van der Waals surface area contributed by atoms with Crippen LogP contribution >= 0.6 is 11.3 Å². The van der Waals surface area contributed by atoms with Crippen LogP contribution in [0.15, 0.2) is 30.3 Å². The Kier molecular flexibility index (Phi) is 5.33. The fraction of sp³-hybridized carbons (Fsp3) is 0.286. The van der Waals surface area contributed by atoms with Crippen molar-refractivity contribution in [3.8, 4) is 0 Å². The van der Waals surface area contributed by atoms with E-state index < -0.39 is 15.8 Å². The van der Waals surface area contributed by atoms with E-state index in [1.807, 2.05) is 31.2 Å². The van der Waals surface area contributed by atoms with Crippen molar-refractivity contribution in [2.24, 2.45) is 0 Å². The molecule has 1 N–H and O–H groups in total. The van der Waals surface area contributed by atoms with Crippen molar-refractivity contribution >= 4 is 49.0 Å². The molecule has 156 valence electrons. The van der Waals surface area contributed by atoms with Gasteiger partial charge in [0.15, 0.2) is 9.84 Å². The Morgan fingerprint density at radius 3 is 2.80 bits per heavy atom. The fourth-order valence-corrected chi connectivity index (χ4v) is 6.63. The maximum atomic E-state index is 13.2. The van der Waals surface area contributed by atoms with Gasteiger partial charge in [0.2, 0.25) is 0 Å². The highest BCUT2D eigenvalue weighted by Gasteiger charge is 2.32. The first-order chi connectivity index (χ1) is 14.3. The van der Waals surface area contributed by atoms with Crippen molar-refractivity contribution in [1.82, 2.24) is 4.98 Å². The van der Waals surface area contributed by atoms with Crippen LogP contribution in [0, 0.1) is 6.92 Å². The van der Waals surface area contributed by atoms with Crippen LogP contribution in [0.25, 0.3) is 10.9 Å². The van der Waals surface area contributed by atoms with Crippen molar-refractivity contribution in [2.45, 2.75) is 26.0 Å². The van der Waals surface area contributed by atoms with Crippen LogP contribution in [0.4, 0.5) is 5.00 Å². The first-order valence-corrected chi connectivity index (χ1v) is 12.1. The Hall–Kier alpha value is -2.78. The smallest absolute Gasteiger partial charge is 0.341 e. The summed E-state index contributed by atoms with van der Waals surface area (Å²) in [5.74, 6) is -1.10. The summed E-state index contributed by atoms with van der Waals surface area (Å²) >= 11 is 1.12. The predicted octanol–water partition coefficient (Wildman–Crippen LogP) is 3.50. The first kappa shape index (κ1) is 20.5. The number of hydrogen-bond acceptors (Lipinski definition) is 7. The largest absolute Gasteiger partial charge is 0.462 e. The molecule has 0 atom stereocenters. The second-order valence-electron chi connectivity index (χ2n) is 7.05. The Balaban J connectivity index is 1.77. The van der Waals surface area contributed by atoms with Gasteiger partial charge >= 0.3 is 5.97 Å². The molecule has 0 fully saturated rings. The molecule has 2 aromatic heterocycles. The number of nitrogens with zero attached hydrogens (tertiary/aromatic N) is 1. The Morgan fingerprint density at radius 1 is 1.27 bits per heavy atom. The number of hydrogen-bond donors (Lipinski definition) is 1. The lowest BCUT2D eigenvalue weighted by molar-refractivity contribution is 0.0527. The SMILES string of the molecule is CCOC(=O)c1c(NC(=O)c2cc(C)nc3ccccc23)sc2c1CCS(=O)(=O)C2. The molecule has 0 unspecified atom stereocenters. The van der Waals surface area contributed by atoms with E-state index in [1.54, 1.807) is 13.0 Å². The third-order valence-electron chi connectivity index (χ3n) is 4.90. The van der Waals surface area contributed by atoms with Gasteiger partial charge in [-0.25, -0.2) is 13.2 Å². The monoisotopic (exact) mass is 444 g/mol. The van der Waals surface area contributed by atoms with Crippen LogP contribution in [0.5, 0.6) is 0 Å². The van der Waals surface area contributed by atoms with Gasteiger partial charge in [0.1, 0.15) is 5.00 Å². The predicted molar refractivity (Wildman–Crippen MR) is 116 cm³/mol. The number of aromatic nitrogens is 1. The van der Waals surface area contributed by atoms with Crippen molar-refractivity contribution in [3.63, 3.8) is 0 Å². The van der Waals surface area contributed by atoms with Crippen LogP contribution in [-0.2, 0) is 26.7 Å². The number of nitrogens with one attached hydrogen (secondary N) is 1. The van der Waals surface area contributed by atoms with E-state index in [9.17, 15) is 18.0 Å². The van der Waals surface area contributed by atoms with E-state index in [4.69, 9.17) is 4.74 Å². The van der Waals surface area contributed by atoms with Crippen molar-refractivity contribution in [2.75, 3.05) is 17.7 Å². The second kappa shape index (κ2) is 7.81. The van der Waals surface area contributed by atoms with E-state index in [1.165, 1.54) is 0 Å². The number of pyridine rings is 1. The number of aryl methyl sites for hydroxylation is 1. The van der Waals surface area contributed by atoms with Gasteiger partial charge < -0.3 is 10.1 Å². The highest BCUT2D eigenvalue weighted by Crippen LogP contribution is 2.38. The van der Waals surface area contributed by atoms with Gasteiger partial charge in [0.05, 0.1) is 34.8 Å². The summed E-state index contributed by atoms with van der Waals surface area (Å²) in [6, 6.07) is 9.02. The number of sulfone groups is 1. The van der Waals surface area contributed by atoms with E-state index in [-0.39, 0.29) is 36.0 Å². The molecule has 0 spiro atoms. The molecule has 0 saturated heterocycles. The van der Waals surface area contributed by atoms with E-state index in [0.29, 0.717) is 37.6 Å². The second-order valence-corrected chi connectivity index (χ2v) is 10.3. The van der Waals surface area contributed by atoms with Crippen LogP contribution in [0.3, 0.4) is 0 Å². The van der Waals surface area contributed by atoms with E-state index in [2.05, 4.69) is 10.3 Å². The average Bonchev–Trinajstić information content (AvgIpc) is 3.03. The molecule has 0 aliphatic carbocycles. The first-order valence-electron chi connectivity index (χ1n) is 9.49. The van der Waals surface area contributed by atoms with Gasteiger partial charge in [-0.15, -0.1) is 11.3 Å². The molecule has 1 aliphatic heterocycles. The summed E-state index contributed by atoms with van der Waals surface area (Å²) < 4.78 is 29.3. The fourth-order valence-electron chi connectivity index (χ4n) is 3.60. The molecule has 1 aliphatic rings. The van der Waals surface area contributed by atoms with Gasteiger partial charge in [-0.1, -0.05) is 18.2 Å². The molecule has 3 aromatic rings. The molecule has 3 heterocycles. The third kappa shape index (κ3) is 3.82. The number of fused-ring (bicyclic) bond motifs is 2. The van der Waals surface area contributed by atoms with Gasteiger partial charge in [0.25, 0.3) is 5.91 Å². The molecule has 1 aromatic carbocycles. The molecule has 0 radical (unpaired) electrons. The lowest BCUT2D eigenvalue weighted by Gasteiger charge is -2.13. The number of amides is 1. The quantitative estimate of drug-likeness (QED) is 0.618. The van der Waals surface area contributed by atoms with Gasteiger partial charge in [-0.2, -0.15) is 0 Å². The summed E-state index contributed by atoms with van der Waals surface area (Å²) in [4.78, 5) is 30.8. The van der Waals surface area contributed by atoms with Crippen molar-refractivity contribution in [3.05, 3.63) is 57.6 Å². The zero-order valence-corrected chi connectivity index (χ0v) is 18.2. The highest BCUT2D eigenvalue weighted by molar-refractivity contribution is 7.90. The topological polar surface area (TPSA) is 102 Å². The Labute approximate surface area is 178 Å². The van der Waals surface area contributed by atoms with Crippen LogP contribution in [-0.4, -0.2) is 37.6 Å². The minimum absolute atomic E-state index is 0.0231. The Bertz CT molecular complexity index is 1280. The molecule has 9 heteroatoms. The molecule has 1 amide bonds. The minimum atomic E-state index is -3.22. The molecule has 0 saturated carbocycles. The molecule has 30 heavy (non-hydrogen) atoms. The minimum Gasteiger partial charge on any atom is -0.462 e. The highest BCUT2D eigenvalue weighted by atomic mass is 32.2. The number of para-hydroxylation sites is 1. The van der Waals surface area contributed by atoms with E-state index in [0.717, 1.165) is 11.3 Å². The molecule has 0 bridgehead atoms. The number of carbonyl (C=O) groups excluding carboxylic acids is 2. The number of thiophene rings is 1. The summed E-state index contributed by atoms with van der Waals surface area (Å²) in [5, 5.41) is 3.84. The summed E-state index contributed by atoms with van der Waals surface area (Å²) in [7, 11) is -3.22. The van der Waals surface area contributed by atoms with Gasteiger partial charge in [-0.05, 0) is 38.0 Å². The summed E-state index contributed by atoms with van der Waals surface area (Å²) in [6.07, 6.45) is 0.232. The normalized spacial score (nSPS) is 14.9. The number of esters is 1. The van der Waals surface area contributed by atoms with Crippen LogP contribution < -0.4 is 5.32 Å². The summed E-state index contributed by atoms with van der Waals surface area (Å²) in [6.45, 7) is 3.69. The van der Waals surface area contributed by atoms with E-state index >= 15 is 0 Å².